The first kappa shape index (κ1) is 19.1. The first-order valence-electron chi connectivity index (χ1n) is 9.51. The summed E-state index contributed by atoms with van der Waals surface area (Å²) in [7, 11) is 1.42. The molecule has 1 aliphatic rings. The summed E-state index contributed by atoms with van der Waals surface area (Å²) in [6, 6.07) is 13.9. The van der Waals surface area contributed by atoms with Crippen molar-refractivity contribution in [2.24, 2.45) is 5.41 Å². The standard InChI is InChI=1S/C22H23N3O4/c1-27-21(26)22(14-28-15-22)12-17-4-2-16(3-5-17)9-11-29-18-6-7-19(23-13-18)20-8-10-24-25-20/h2-8,10,13H,9,11-12,14-15H2,1H3,(H,24,25). The van der Waals surface area contributed by atoms with Crippen molar-refractivity contribution in [2.75, 3.05) is 26.9 Å². The van der Waals surface area contributed by atoms with Crippen molar-refractivity contribution in [3.63, 3.8) is 0 Å². The molecule has 7 heteroatoms. The monoisotopic (exact) mass is 393 g/mol. The van der Waals surface area contributed by atoms with Crippen LogP contribution in [0.2, 0.25) is 0 Å². The van der Waals surface area contributed by atoms with Gasteiger partial charge in [0.25, 0.3) is 0 Å². The summed E-state index contributed by atoms with van der Waals surface area (Å²) in [4.78, 5) is 16.4. The van der Waals surface area contributed by atoms with E-state index in [1.165, 1.54) is 12.7 Å². The molecule has 3 aromatic rings. The van der Waals surface area contributed by atoms with E-state index < -0.39 is 5.41 Å². The first-order valence-corrected chi connectivity index (χ1v) is 9.51. The van der Waals surface area contributed by atoms with Gasteiger partial charge in [0.1, 0.15) is 11.2 Å². The third-order valence-electron chi connectivity index (χ3n) is 5.11. The second-order valence-electron chi connectivity index (χ2n) is 7.21. The number of benzene rings is 1. The quantitative estimate of drug-likeness (QED) is 0.592. The zero-order valence-corrected chi connectivity index (χ0v) is 16.3. The Bertz CT molecular complexity index is 933. The number of aromatic amines is 1. The van der Waals surface area contributed by atoms with E-state index in [4.69, 9.17) is 14.2 Å². The van der Waals surface area contributed by atoms with E-state index in [0.29, 0.717) is 26.2 Å². The minimum absolute atomic E-state index is 0.201. The van der Waals surface area contributed by atoms with Crippen molar-refractivity contribution in [1.82, 2.24) is 15.2 Å². The Labute approximate surface area is 169 Å². The number of pyridine rings is 1. The summed E-state index contributed by atoms with van der Waals surface area (Å²) in [5.41, 5.74) is 3.44. The van der Waals surface area contributed by atoms with Gasteiger partial charge in [-0.15, -0.1) is 0 Å². The number of ether oxygens (including phenoxy) is 3. The molecule has 1 fully saturated rings. The Balaban J connectivity index is 1.28. The Morgan fingerprint density at radius 2 is 1.93 bits per heavy atom. The number of H-pyrrole nitrogens is 1. The number of carbonyl (C=O) groups is 1. The van der Waals surface area contributed by atoms with Crippen LogP contribution in [0.25, 0.3) is 11.4 Å². The molecule has 150 valence electrons. The maximum atomic E-state index is 12.0. The summed E-state index contributed by atoms with van der Waals surface area (Å²) in [6.45, 7) is 1.40. The number of esters is 1. The molecule has 1 aliphatic heterocycles. The Morgan fingerprint density at radius 1 is 1.14 bits per heavy atom. The molecule has 0 bridgehead atoms. The summed E-state index contributed by atoms with van der Waals surface area (Å²) in [5, 5.41) is 6.81. The third-order valence-corrected chi connectivity index (χ3v) is 5.11. The third kappa shape index (κ3) is 4.30. The zero-order chi connectivity index (χ0) is 20.1. The highest BCUT2D eigenvalue weighted by atomic mass is 16.5. The van der Waals surface area contributed by atoms with Gasteiger partial charge in [-0.3, -0.25) is 14.9 Å². The fourth-order valence-corrected chi connectivity index (χ4v) is 3.38. The number of aromatic nitrogens is 3. The Hall–Kier alpha value is -3.19. The molecule has 0 unspecified atom stereocenters. The van der Waals surface area contributed by atoms with Gasteiger partial charge in [0, 0.05) is 12.6 Å². The molecular formula is C22H23N3O4. The second kappa shape index (κ2) is 8.45. The van der Waals surface area contributed by atoms with Gasteiger partial charge in [0.05, 0.1) is 44.5 Å². The summed E-state index contributed by atoms with van der Waals surface area (Å²) in [5.74, 6) is 0.531. The van der Waals surface area contributed by atoms with Crippen molar-refractivity contribution < 1.29 is 19.0 Å². The van der Waals surface area contributed by atoms with Gasteiger partial charge in [0.2, 0.25) is 0 Å². The summed E-state index contributed by atoms with van der Waals surface area (Å²) in [6.07, 6.45) is 4.83. The van der Waals surface area contributed by atoms with Gasteiger partial charge in [-0.05, 0) is 35.7 Å². The maximum absolute atomic E-state index is 12.0. The molecule has 4 rings (SSSR count). The summed E-state index contributed by atoms with van der Waals surface area (Å²) < 4.78 is 16.0. The van der Waals surface area contributed by atoms with Crippen molar-refractivity contribution in [1.29, 1.82) is 0 Å². The molecule has 0 aliphatic carbocycles. The van der Waals surface area contributed by atoms with Gasteiger partial charge in [0.15, 0.2) is 0 Å². The highest BCUT2D eigenvalue weighted by molar-refractivity contribution is 5.78. The molecule has 0 atom stereocenters. The minimum atomic E-state index is -0.533. The van der Waals surface area contributed by atoms with Crippen molar-refractivity contribution in [3.8, 4) is 17.1 Å². The van der Waals surface area contributed by atoms with Gasteiger partial charge in [-0.25, -0.2) is 0 Å². The minimum Gasteiger partial charge on any atom is -0.492 e. The van der Waals surface area contributed by atoms with E-state index in [-0.39, 0.29) is 5.97 Å². The van der Waals surface area contributed by atoms with Crippen LogP contribution < -0.4 is 4.74 Å². The molecular weight excluding hydrogens is 370 g/mol. The summed E-state index contributed by atoms with van der Waals surface area (Å²) >= 11 is 0. The predicted molar refractivity (Wildman–Crippen MR) is 106 cm³/mol. The lowest BCUT2D eigenvalue weighted by Gasteiger charge is -2.38. The van der Waals surface area contributed by atoms with E-state index in [1.807, 2.05) is 18.2 Å². The van der Waals surface area contributed by atoms with Crippen LogP contribution in [0.4, 0.5) is 0 Å². The van der Waals surface area contributed by atoms with E-state index in [1.54, 1.807) is 12.4 Å². The van der Waals surface area contributed by atoms with Crippen LogP contribution >= 0.6 is 0 Å². The molecule has 0 saturated carbocycles. The van der Waals surface area contributed by atoms with Crippen LogP contribution in [0.3, 0.4) is 0 Å². The lowest BCUT2D eigenvalue weighted by atomic mass is 9.79. The zero-order valence-electron chi connectivity index (χ0n) is 16.3. The number of hydrogen-bond donors (Lipinski definition) is 1. The SMILES string of the molecule is COC(=O)C1(Cc2ccc(CCOc3ccc(-c4ccn[nH]4)nc3)cc2)COC1. The van der Waals surface area contributed by atoms with E-state index in [0.717, 1.165) is 29.1 Å². The first-order chi connectivity index (χ1) is 14.2. The fourth-order valence-electron chi connectivity index (χ4n) is 3.38. The molecule has 29 heavy (non-hydrogen) atoms. The highest BCUT2D eigenvalue weighted by Gasteiger charge is 2.47. The Morgan fingerprint density at radius 3 is 2.52 bits per heavy atom. The molecule has 0 spiro atoms. The lowest BCUT2D eigenvalue weighted by molar-refractivity contribution is -0.182. The number of methoxy groups -OCH3 is 1. The number of nitrogens with one attached hydrogen (secondary N) is 1. The molecule has 1 N–H and O–H groups in total. The van der Waals surface area contributed by atoms with Crippen LogP contribution in [0, 0.1) is 5.41 Å². The average molecular weight is 393 g/mol. The van der Waals surface area contributed by atoms with Crippen LogP contribution in [0.1, 0.15) is 11.1 Å². The van der Waals surface area contributed by atoms with Gasteiger partial charge in [-0.1, -0.05) is 24.3 Å². The van der Waals surface area contributed by atoms with Crippen LogP contribution in [0.15, 0.2) is 54.9 Å². The topological polar surface area (TPSA) is 86.3 Å². The van der Waals surface area contributed by atoms with E-state index >= 15 is 0 Å². The average Bonchev–Trinajstić information content (AvgIpc) is 3.27. The van der Waals surface area contributed by atoms with Crippen LogP contribution in [0.5, 0.6) is 5.75 Å². The molecule has 1 saturated heterocycles. The number of nitrogens with zero attached hydrogens (tertiary/aromatic N) is 2. The second-order valence-corrected chi connectivity index (χ2v) is 7.21. The number of carbonyl (C=O) groups excluding carboxylic acids is 1. The molecule has 1 aromatic carbocycles. The Kier molecular flexibility index (Phi) is 5.57. The van der Waals surface area contributed by atoms with E-state index in [9.17, 15) is 4.79 Å². The van der Waals surface area contributed by atoms with Gasteiger partial charge in [-0.2, -0.15) is 5.10 Å². The molecule has 7 nitrogen and oxygen atoms in total. The van der Waals surface area contributed by atoms with Gasteiger partial charge >= 0.3 is 5.97 Å². The maximum Gasteiger partial charge on any atom is 0.316 e. The molecule has 3 heterocycles. The lowest BCUT2D eigenvalue weighted by Crippen LogP contribution is -2.51. The highest BCUT2D eigenvalue weighted by Crippen LogP contribution is 2.33. The molecule has 0 amide bonds. The smallest absolute Gasteiger partial charge is 0.316 e. The fraction of sp³-hybridized carbons (Fsp3) is 0.318. The molecule has 2 aromatic heterocycles. The van der Waals surface area contributed by atoms with E-state index in [2.05, 4.69) is 39.4 Å². The van der Waals surface area contributed by atoms with Crippen LogP contribution in [-0.4, -0.2) is 48.1 Å². The normalized spacial score (nSPS) is 14.8. The van der Waals surface area contributed by atoms with Gasteiger partial charge < -0.3 is 14.2 Å². The van der Waals surface area contributed by atoms with Crippen LogP contribution in [-0.2, 0) is 27.1 Å². The van der Waals surface area contributed by atoms with Crippen molar-refractivity contribution in [2.45, 2.75) is 12.8 Å². The predicted octanol–water partition coefficient (Wildman–Crippen LogP) is 2.83. The number of hydrogen-bond acceptors (Lipinski definition) is 6. The molecule has 0 radical (unpaired) electrons. The number of rotatable bonds is 8. The van der Waals surface area contributed by atoms with Crippen molar-refractivity contribution in [3.05, 3.63) is 66.0 Å². The van der Waals surface area contributed by atoms with Crippen molar-refractivity contribution >= 4 is 5.97 Å². The largest absolute Gasteiger partial charge is 0.492 e.